The van der Waals surface area contributed by atoms with Crippen LogP contribution < -0.4 is 5.43 Å². The molecular formula is C29H32N2O4. The second-order valence-corrected chi connectivity index (χ2v) is 12.3. The molecule has 4 aliphatic carbocycles. The maximum absolute atomic E-state index is 13.6. The fourth-order valence-electron chi connectivity index (χ4n) is 9.82. The zero-order chi connectivity index (χ0) is 23.5. The third kappa shape index (κ3) is 2.54. The van der Waals surface area contributed by atoms with Gasteiger partial charge in [-0.15, -0.1) is 0 Å². The lowest BCUT2D eigenvalue weighted by Crippen LogP contribution is -2.69. The number of likely N-dealkylation sites (tertiary alicyclic amines) is 2. The Labute approximate surface area is 204 Å². The summed E-state index contributed by atoms with van der Waals surface area (Å²) >= 11 is 0. The third-order valence-electron chi connectivity index (χ3n) is 10.9. The van der Waals surface area contributed by atoms with Crippen LogP contribution in [0.15, 0.2) is 45.8 Å². The molecule has 0 unspecified atom stereocenters. The highest BCUT2D eigenvalue weighted by molar-refractivity contribution is 5.92. The zero-order valence-electron chi connectivity index (χ0n) is 20.0. The van der Waals surface area contributed by atoms with Gasteiger partial charge < -0.3 is 14.4 Å². The molecule has 4 bridgehead atoms. The van der Waals surface area contributed by atoms with E-state index in [0.29, 0.717) is 23.6 Å². The van der Waals surface area contributed by atoms with Crippen LogP contribution >= 0.6 is 0 Å². The van der Waals surface area contributed by atoms with Crippen molar-refractivity contribution in [2.45, 2.75) is 62.4 Å². The molecule has 6 atom stereocenters. The summed E-state index contributed by atoms with van der Waals surface area (Å²) < 4.78 is 5.49. The van der Waals surface area contributed by atoms with Gasteiger partial charge in [0, 0.05) is 42.7 Å². The molecule has 6 nitrogen and oxygen atoms in total. The van der Waals surface area contributed by atoms with E-state index in [1.54, 1.807) is 0 Å². The Hall–Kier alpha value is -2.60. The smallest absolute Gasteiger partial charge is 0.289 e. The number of carbonyl (C=O) groups excluding carboxylic acids is 1. The van der Waals surface area contributed by atoms with Crippen molar-refractivity contribution in [2.24, 2.45) is 23.2 Å². The van der Waals surface area contributed by atoms with Crippen molar-refractivity contribution in [2.75, 3.05) is 19.6 Å². The molecule has 1 amide bonds. The quantitative estimate of drug-likeness (QED) is 0.740. The number of piperidine rings is 1. The predicted octanol–water partition coefficient (Wildman–Crippen LogP) is 3.56. The number of phenols is 1. The van der Waals surface area contributed by atoms with Crippen LogP contribution in [0.1, 0.15) is 60.2 Å². The molecule has 6 heteroatoms. The zero-order valence-corrected chi connectivity index (χ0v) is 20.0. The standard InChI is InChI=1S/C29H32N2O4/c32-20-4-3-18-11-25-28-7-5-23-26(29(28,22(18)12-20)8-9-30(25)15-17-1-2-17)19(14-28)16-31(23)27(34)24-13-21(33)6-10-35-24/h3-4,6,10,12-13,17,19,23,25-26,32H,1-2,5,7-9,11,14-16H2/t19-,23-,25-,26-,28-,29+/m1/s1. The van der Waals surface area contributed by atoms with E-state index in [9.17, 15) is 14.7 Å². The van der Waals surface area contributed by atoms with Crippen molar-refractivity contribution >= 4 is 5.91 Å². The summed E-state index contributed by atoms with van der Waals surface area (Å²) in [6.45, 7) is 3.11. The van der Waals surface area contributed by atoms with Crippen LogP contribution in [0, 0.1) is 23.2 Å². The van der Waals surface area contributed by atoms with E-state index < -0.39 is 0 Å². The van der Waals surface area contributed by atoms with Gasteiger partial charge in [-0.3, -0.25) is 14.5 Å². The normalized spacial score (nSPS) is 38.8. The number of fused-ring (bicyclic) bond motifs is 1. The molecule has 2 aromatic rings. The molecule has 2 aliphatic heterocycles. The molecule has 3 saturated carbocycles. The molecule has 6 aliphatic rings. The van der Waals surface area contributed by atoms with Gasteiger partial charge in [-0.05, 0) is 97.9 Å². The van der Waals surface area contributed by atoms with E-state index in [-0.39, 0.29) is 34.0 Å². The first-order valence-corrected chi connectivity index (χ1v) is 13.5. The second kappa shape index (κ2) is 6.78. The number of nitrogens with zero attached hydrogens (tertiary/aromatic N) is 2. The molecule has 2 saturated heterocycles. The Morgan fingerprint density at radius 3 is 2.86 bits per heavy atom. The monoisotopic (exact) mass is 472 g/mol. The minimum atomic E-state index is -0.192. The van der Waals surface area contributed by atoms with Gasteiger partial charge in [-0.25, -0.2) is 0 Å². The highest BCUT2D eigenvalue weighted by atomic mass is 16.3. The lowest BCUT2D eigenvalue weighted by Gasteiger charge is -2.66. The molecule has 3 heterocycles. The van der Waals surface area contributed by atoms with Crippen molar-refractivity contribution in [3.05, 3.63) is 63.7 Å². The van der Waals surface area contributed by atoms with Crippen molar-refractivity contribution in [3.8, 4) is 5.75 Å². The van der Waals surface area contributed by atoms with Crippen LogP contribution in [-0.4, -0.2) is 52.5 Å². The van der Waals surface area contributed by atoms with Gasteiger partial charge >= 0.3 is 0 Å². The number of benzene rings is 1. The lowest BCUT2D eigenvalue weighted by molar-refractivity contribution is -0.102. The summed E-state index contributed by atoms with van der Waals surface area (Å²) in [6.07, 6.45) is 9.62. The SMILES string of the molecule is O=C(c1cc(=O)cco1)N1C[C@H]2C[C@@]34CC[C@@H]1[C@@H]2[C@@]31CCN(CC2CC2)[C@@H]4Cc2ccc(O)cc21. The van der Waals surface area contributed by atoms with E-state index in [4.69, 9.17) is 4.42 Å². The number of phenolic OH excluding ortho intramolecular Hbond substituents is 1. The molecule has 1 aromatic carbocycles. The highest BCUT2D eigenvalue weighted by Crippen LogP contribution is 2.75. The summed E-state index contributed by atoms with van der Waals surface area (Å²) in [5.41, 5.74) is 2.84. The number of carbonyl (C=O) groups is 1. The Balaban J connectivity index is 1.25. The minimum absolute atomic E-state index is 0.0180. The first-order valence-electron chi connectivity index (χ1n) is 13.5. The molecule has 0 spiro atoms. The maximum atomic E-state index is 13.6. The summed E-state index contributed by atoms with van der Waals surface area (Å²) in [7, 11) is 0. The molecule has 5 fully saturated rings. The van der Waals surface area contributed by atoms with Crippen LogP contribution in [0.5, 0.6) is 5.75 Å². The topological polar surface area (TPSA) is 74.0 Å². The summed E-state index contributed by atoms with van der Waals surface area (Å²) in [6, 6.07) is 9.52. The molecule has 8 rings (SSSR count). The minimum Gasteiger partial charge on any atom is -0.508 e. The highest BCUT2D eigenvalue weighted by Gasteiger charge is 2.76. The fraction of sp³-hybridized carbons (Fsp3) is 0.586. The molecule has 1 aromatic heterocycles. The van der Waals surface area contributed by atoms with Crippen LogP contribution in [-0.2, 0) is 11.8 Å². The van der Waals surface area contributed by atoms with Gasteiger partial charge in [0.1, 0.15) is 5.75 Å². The number of rotatable bonds is 3. The summed E-state index contributed by atoms with van der Waals surface area (Å²) in [5.74, 6) is 2.13. The van der Waals surface area contributed by atoms with Crippen molar-refractivity contribution < 1.29 is 14.3 Å². The van der Waals surface area contributed by atoms with Crippen molar-refractivity contribution in [3.63, 3.8) is 0 Å². The van der Waals surface area contributed by atoms with Crippen molar-refractivity contribution in [1.82, 2.24) is 9.80 Å². The average Bonchev–Trinajstić information content (AvgIpc) is 3.54. The summed E-state index contributed by atoms with van der Waals surface area (Å²) in [5, 5.41) is 10.6. The second-order valence-electron chi connectivity index (χ2n) is 12.3. The van der Waals surface area contributed by atoms with Crippen LogP contribution in [0.4, 0.5) is 0 Å². The van der Waals surface area contributed by atoms with E-state index in [1.807, 2.05) is 11.0 Å². The molecule has 1 N–H and O–H groups in total. The molecule has 0 radical (unpaired) electrons. The Morgan fingerprint density at radius 2 is 2.03 bits per heavy atom. The molecular weight excluding hydrogens is 440 g/mol. The third-order valence-corrected chi connectivity index (χ3v) is 10.9. The largest absolute Gasteiger partial charge is 0.508 e. The Bertz CT molecular complexity index is 1300. The summed E-state index contributed by atoms with van der Waals surface area (Å²) in [4.78, 5) is 30.4. The Morgan fingerprint density at radius 1 is 1.14 bits per heavy atom. The van der Waals surface area contributed by atoms with Gasteiger partial charge in [0.25, 0.3) is 5.91 Å². The first kappa shape index (κ1) is 20.6. The number of amides is 1. The first-order chi connectivity index (χ1) is 17.0. The van der Waals surface area contributed by atoms with Gasteiger partial charge in [-0.1, -0.05) is 6.07 Å². The van der Waals surface area contributed by atoms with Gasteiger partial charge in [0.05, 0.1) is 6.26 Å². The Kier molecular flexibility index (Phi) is 3.99. The van der Waals surface area contributed by atoms with E-state index in [2.05, 4.69) is 17.0 Å². The van der Waals surface area contributed by atoms with Gasteiger partial charge in [0.2, 0.25) is 0 Å². The molecule has 182 valence electrons. The maximum Gasteiger partial charge on any atom is 0.289 e. The number of hydrogen-bond donors (Lipinski definition) is 1. The average molecular weight is 473 g/mol. The fourth-order valence-corrected chi connectivity index (χ4v) is 9.82. The van der Waals surface area contributed by atoms with Crippen LogP contribution in [0.25, 0.3) is 0 Å². The van der Waals surface area contributed by atoms with Crippen molar-refractivity contribution in [1.29, 1.82) is 0 Å². The number of aromatic hydroxyl groups is 1. The van der Waals surface area contributed by atoms with Gasteiger partial charge in [-0.2, -0.15) is 0 Å². The number of hydrogen-bond acceptors (Lipinski definition) is 5. The van der Waals surface area contributed by atoms with Crippen LogP contribution in [0.2, 0.25) is 0 Å². The lowest BCUT2D eigenvalue weighted by atomic mass is 9.43. The predicted molar refractivity (Wildman–Crippen MR) is 129 cm³/mol. The van der Waals surface area contributed by atoms with E-state index in [0.717, 1.165) is 51.1 Å². The van der Waals surface area contributed by atoms with E-state index in [1.165, 1.54) is 48.9 Å². The van der Waals surface area contributed by atoms with Gasteiger partial charge in [0.15, 0.2) is 11.2 Å². The van der Waals surface area contributed by atoms with E-state index >= 15 is 0 Å². The van der Waals surface area contributed by atoms with Crippen LogP contribution in [0.3, 0.4) is 0 Å². The molecule has 35 heavy (non-hydrogen) atoms.